The summed E-state index contributed by atoms with van der Waals surface area (Å²) in [6.07, 6.45) is -0.309. The zero-order valence-corrected chi connectivity index (χ0v) is 15.7. The number of carbonyl (C=O) groups excluding carboxylic acids is 1. The summed E-state index contributed by atoms with van der Waals surface area (Å²) < 4.78 is 15.7. The molecule has 1 aromatic carbocycles. The van der Waals surface area contributed by atoms with E-state index in [1.165, 1.54) is 0 Å². The number of benzene rings is 1. The number of ether oxygens (including phenoxy) is 2. The highest BCUT2D eigenvalue weighted by Gasteiger charge is 2.29. The quantitative estimate of drug-likeness (QED) is 0.687. The zero-order valence-electron chi connectivity index (χ0n) is 15.7. The molecule has 1 fully saturated rings. The number of hydrogen-bond donors (Lipinski definition) is 0. The summed E-state index contributed by atoms with van der Waals surface area (Å²) in [4.78, 5) is 19.1. The Morgan fingerprint density at radius 3 is 2.71 bits per heavy atom. The number of aryl methyl sites for hydroxylation is 1. The molecule has 1 aliphatic rings. The fourth-order valence-corrected chi connectivity index (χ4v) is 3.14. The summed E-state index contributed by atoms with van der Waals surface area (Å²) in [7, 11) is 1.64. The number of pyridine rings is 1. The first-order valence-corrected chi connectivity index (χ1v) is 8.97. The lowest BCUT2D eigenvalue weighted by molar-refractivity contribution is -0.0250. The van der Waals surface area contributed by atoms with Crippen LogP contribution in [0.2, 0.25) is 0 Å². The van der Waals surface area contributed by atoms with Crippen molar-refractivity contribution in [1.82, 2.24) is 20.2 Å². The normalized spacial score (nSPS) is 16.8. The number of nitrogens with zero attached hydrogens (tertiary/aromatic N) is 4. The van der Waals surface area contributed by atoms with Crippen molar-refractivity contribution in [3.8, 4) is 17.0 Å². The van der Waals surface area contributed by atoms with Gasteiger partial charge in [0.05, 0.1) is 31.6 Å². The topological polar surface area (TPSA) is 90.6 Å². The molecule has 0 aliphatic carbocycles. The monoisotopic (exact) mass is 380 g/mol. The summed E-state index contributed by atoms with van der Waals surface area (Å²) >= 11 is 0. The first-order chi connectivity index (χ1) is 13.7. The van der Waals surface area contributed by atoms with E-state index < -0.39 is 0 Å². The smallest absolute Gasteiger partial charge is 0.278 e. The average Bonchev–Trinajstić information content (AvgIpc) is 3.19. The van der Waals surface area contributed by atoms with Crippen LogP contribution in [-0.4, -0.2) is 52.9 Å². The van der Waals surface area contributed by atoms with Gasteiger partial charge in [0.1, 0.15) is 17.5 Å². The molecule has 144 valence electrons. The molecule has 0 saturated carbocycles. The Labute approximate surface area is 162 Å². The summed E-state index contributed by atoms with van der Waals surface area (Å²) in [5.41, 5.74) is 3.31. The van der Waals surface area contributed by atoms with Crippen molar-refractivity contribution >= 4 is 5.91 Å². The second kappa shape index (κ2) is 7.77. The standard InChI is InChI=1S/C20H20N4O4/c1-13-19(23-28-22-13)20(25)24-10-11-27-18(12-24)17-5-3-4-16(21-17)14-6-8-15(26-2)9-7-14/h3-9,18H,10-12H2,1-2H3. The second-order valence-electron chi connectivity index (χ2n) is 6.49. The van der Waals surface area contributed by atoms with Crippen LogP contribution in [-0.2, 0) is 4.74 Å². The van der Waals surface area contributed by atoms with Crippen LogP contribution < -0.4 is 4.74 Å². The first-order valence-electron chi connectivity index (χ1n) is 8.97. The fraction of sp³-hybridized carbons (Fsp3) is 0.300. The molecule has 1 amide bonds. The summed E-state index contributed by atoms with van der Waals surface area (Å²) in [6.45, 7) is 3.00. The minimum atomic E-state index is -0.309. The van der Waals surface area contributed by atoms with Crippen LogP contribution in [0.3, 0.4) is 0 Å². The van der Waals surface area contributed by atoms with Crippen molar-refractivity contribution in [3.63, 3.8) is 0 Å². The SMILES string of the molecule is COc1ccc(-c2cccc(C3CN(C(=O)c4nonc4C)CCO3)n2)cc1. The summed E-state index contributed by atoms with van der Waals surface area (Å²) in [5.74, 6) is 0.584. The molecule has 1 aliphatic heterocycles. The minimum Gasteiger partial charge on any atom is -0.497 e. The van der Waals surface area contributed by atoms with Gasteiger partial charge in [-0.05, 0) is 48.5 Å². The zero-order chi connectivity index (χ0) is 19.5. The van der Waals surface area contributed by atoms with Crippen LogP contribution in [0.5, 0.6) is 5.75 Å². The molecule has 0 N–H and O–H groups in total. The fourth-order valence-electron chi connectivity index (χ4n) is 3.14. The third kappa shape index (κ3) is 3.59. The van der Waals surface area contributed by atoms with Crippen LogP contribution in [0, 0.1) is 6.92 Å². The van der Waals surface area contributed by atoms with Gasteiger partial charge in [0, 0.05) is 12.1 Å². The third-order valence-electron chi connectivity index (χ3n) is 4.70. The first kappa shape index (κ1) is 18.1. The van der Waals surface area contributed by atoms with Gasteiger partial charge in [-0.3, -0.25) is 4.79 Å². The van der Waals surface area contributed by atoms with Gasteiger partial charge >= 0.3 is 0 Å². The van der Waals surface area contributed by atoms with E-state index in [1.807, 2.05) is 42.5 Å². The second-order valence-corrected chi connectivity index (χ2v) is 6.49. The maximum Gasteiger partial charge on any atom is 0.278 e. The van der Waals surface area contributed by atoms with Gasteiger partial charge < -0.3 is 14.4 Å². The Morgan fingerprint density at radius 2 is 2.00 bits per heavy atom. The van der Waals surface area contributed by atoms with Crippen LogP contribution in [0.1, 0.15) is 28.0 Å². The van der Waals surface area contributed by atoms with E-state index in [4.69, 9.17) is 14.5 Å². The number of morpholine rings is 1. The molecular weight excluding hydrogens is 360 g/mol. The van der Waals surface area contributed by atoms with Gasteiger partial charge in [-0.15, -0.1) is 0 Å². The van der Waals surface area contributed by atoms with Crippen molar-refractivity contribution < 1.29 is 18.9 Å². The van der Waals surface area contributed by atoms with Gasteiger partial charge in [0.2, 0.25) is 0 Å². The third-order valence-corrected chi connectivity index (χ3v) is 4.70. The lowest BCUT2D eigenvalue weighted by atomic mass is 10.1. The van der Waals surface area contributed by atoms with Gasteiger partial charge in [-0.25, -0.2) is 9.61 Å². The molecule has 28 heavy (non-hydrogen) atoms. The number of carbonyl (C=O) groups is 1. The van der Waals surface area contributed by atoms with Crippen molar-refractivity contribution in [3.05, 3.63) is 59.5 Å². The summed E-state index contributed by atoms with van der Waals surface area (Å²) in [5, 5.41) is 7.39. The summed E-state index contributed by atoms with van der Waals surface area (Å²) in [6, 6.07) is 13.5. The van der Waals surface area contributed by atoms with Crippen LogP contribution in [0.4, 0.5) is 0 Å². The number of hydrogen-bond acceptors (Lipinski definition) is 7. The van der Waals surface area contributed by atoms with Crippen LogP contribution in [0.15, 0.2) is 47.1 Å². The average molecular weight is 380 g/mol. The molecule has 8 nitrogen and oxygen atoms in total. The number of methoxy groups -OCH3 is 1. The Morgan fingerprint density at radius 1 is 1.18 bits per heavy atom. The van der Waals surface area contributed by atoms with E-state index in [0.29, 0.717) is 25.4 Å². The molecule has 4 rings (SSSR count). The van der Waals surface area contributed by atoms with Gasteiger partial charge in [-0.2, -0.15) is 0 Å². The van der Waals surface area contributed by atoms with Crippen molar-refractivity contribution in [2.24, 2.45) is 0 Å². The van der Waals surface area contributed by atoms with Crippen molar-refractivity contribution in [2.75, 3.05) is 26.8 Å². The molecule has 1 unspecified atom stereocenters. The molecule has 0 bridgehead atoms. The highest BCUT2D eigenvalue weighted by molar-refractivity contribution is 5.93. The molecule has 2 aromatic heterocycles. The van der Waals surface area contributed by atoms with E-state index >= 15 is 0 Å². The van der Waals surface area contributed by atoms with E-state index in [-0.39, 0.29) is 17.7 Å². The maximum atomic E-state index is 12.7. The molecule has 1 atom stereocenters. The van der Waals surface area contributed by atoms with Crippen molar-refractivity contribution in [1.29, 1.82) is 0 Å². The molecular formula is C20H20N4O4. The van der Waals surface area contributed by atoms with Crippen molar-refractivity contribution in [2.45, 2.75) is 13.0 Å². The van der Waals surface area contributed by atoms with Gasteiger partial charge in [0.15, 0.2) is 5.69 Å². The van der Waals surface area contributed by atoms with Gasteiger partial charge in [-0.1, -0.05) is 11.2 Å². The largest absolute Gasteiger partial charge is 0.497 e. The number of aromatic nitrogens is 3. The lowest BCUT2D eigenvalue weighted by Crippen LogP contribution is -2.42. The minimum absolute atomic E-state index is 0.210. The molecule has 3 aromatic rings. The van der Waals surface area contributed by atoms with Crippen LogP contribution >= 0.6 is 0 Å². The molecule has 1 saturated heterocycles. The highest BCUT2D eigenvalue weighted by atomic mass is 16.6. The number of amides is 1. The van der Waals surface area contributed by atoms with E-state index in [0.717, 1.165) is 22.7 Å². The molecule has 0 spiro atoms. The van der Waals surface area contributed by atoms with Crippen LogP contribution in [0.25, 0.3) is 11.3 Å². The Kier molecular flexibility index (Phi) is 5.03. The Bertz CT molecular complexity index is 970. The molecule has 3 heterocycles. The number of rotatable bonds is 4. The predicted octanol–water partition coefficient (Wildman–Crippen LogP) is 2.66. The predicted molar refractivity (Wildman–Crippen MR) is 99.9 cm³/mol. The highest BCUT2D eigenvalue weighted by Crippen LogP contribution is 2.26. The van der Waals surface area contributed by atoms with E-state index in [9.17, 15) is 4.79 Å². The Balaban J connectivity index is 1.53. The van der Waals surface area contributed by atoms with E-state index in [2.05, 4.69) is 14.9 Å². The Hall–Kier alpha value is -3.26. The van der Waals surface area contributed by atoms with E-state index in [1.54, 1.807) is 18.9 Å². The molecule has 8 heteroatoms. The molecule has 0 radical (unpaired) electrons. The van der Waals surface area contributed by atoms with Gasteiger partial charge in [0.25, 0.3) is 5.91 Å². The lowest BCUT2D eigenvalue weighted by Gasteiger charge is -2.32. The maximum absolute atomic E-state index is 12.7.